The summed E-state index contributed by atoms with van der Waals surface area (Å²) in [6.07, 6.45) is 0. The highest BCUT2D eigenvalue weighted by molar-refractivity contribution is 6.83. The minimum absolute atomic E-state index is 0.606. The van der Waals surface area contributed by atoms with Crippen molar-refractivity contribution in [2.45, 2.75) is 3.25 Å². The lowest BCUT2D eigenvalue weighted by Gasteiger charge is -1.91. The van der Waals surface area contributed by atoms with Crippen LogP contribution in [0.4, 0.5) is 0 Å². The van der Waals surface area contributed by atoms with Crippen LogP contribution >= 0.6 is 69.6 Å². The van der Waals surface area contributed by atoms with Crippen molar-refractivity contribution >= 4 is 69.6 Å². The van der Waals surface area contributed by atoms with Crippen LogP contribution in [0.15, 0.2) is 24.3 Å². The van der Waals surface area contributed by atoms with Gasteiger partial charge in [-0.25, -0.2) is 0 Å². The first kappa shape index (κ1) is 14.0. The number of halogens is 6. The van der Waals surface area contributed by atoms with Crippen molar-refractivity contribution in [1.82, 2.24) is 0 Å². The second-order valence-electron chi connectivity index (χ2n) is 1.84. The molecule has 0 atom stereocenters. The van der Waals surface area contributed by atoms with E-state index in [1.807, 2.05) is 12.1 Å². The Morgan fingerprint density at radius 2 is 1.00 bits per heavy atom. The van der Waals surface area contributed by atoms with Crippen LogP contribution < -0.4 is 0 Å². The molecule has 0 spiro atoms. The molecule has 0 fully saturated rings. The van der Waals surface area contributed by atoms with Crippen molar-refractivity contribution < 1.29 is 0 Å². The number of alkyl halides is 4. The van der Waals surface area contributed by atoms with E-state index in [-0.39, 0.29) is 0 Å². The van der Waals surface area contributed by atoms with E-state index in [0.717, 1.165) is 0 Å². The fourth-order valence-corrected chi connectivity index (χ4v) is 0.711. The fraction of sp³-hybridized carbons (Fsp3) is 0.143. The van der Waals surface area contributed by atoms with E-state index in [0.29, 0.717) is 10.0 Å². The van der Waals surface area contributed by atoms with Gasteiger partial charge in [-0.05, 0) is 12.1 Å². The van der Waals surface area contributed by atoms with Crippen LogP contribution in [0.5, 0.6) is 0 Å². The van der Waals surface area contributed by atoms with Gasteiger partial charge < -0.3 is 0 Å². The van der Waals surface area contributed by atoms with Gasteiger partial charge >= 0.3 is 0 Å². The normalized spacial score (nSPS) is 10.3. The third-order valence-electron chi connectivity index (χ3n) is 0.824. The molecule has 0 N–H and O–H groups in total. The number of hydrogen-bond donors (Lipinski definition) is 0. The minimum Gasteiger partial charge on any atom is -0.0827 e. The lowest BCUT2D eigenvalue weighted by atomic mass is 10.4. The molecular formula is C7H4Cl6. The Morgan fingerprint density at radius 1 is 0.769 bits per heavy atom. The maximum absolute atomic E-state index is 5.58. The molecule has 74 valence electrons. The second-order valence-corrected chi connectivity index (χ2v) is 6.09. The topological polar surface area (TPSA) is 0 Å². The summed E-state index contributed by atoms with van der Waals surface area (Å²) in [6, 6.07) is 7.19. The lowest BCUT2D eigenvalue weighted by Crippen LogP contribution is -1.81. The molecule has 6 heteroatoms. The molecular weight excluding hydrogens is 297 g/mol. The van der Waals surface area contributed by atoms with Crippen molar-refractivity contribution in [3.8, 4) is 0 Å². The first-order valence-electron chi connectivity index (χ1n) is 2.96. The Morgan fingerprint density at radius 3 is 1.15 bits per heavy atom. The standard InChI is InChI=1S/C6H4Cl2.CCl4/c7-5-3-1-2-4-6(5)8;2-1(3,4)5/h1-4H;. The number of hydrogen-bond acceptors (Lipinski definition) is 0. The molecule has 0 aliphatic heterocycles. The fourth-order valence-electron chi connectivity index (χ4n) is 0.439. The molecule has 0 saturated heterocycles. The number of rotatable bonds is 0. The quantitative estimate of drug-likeness (QED) is 0.551. The predicted molar refractivity (Wildman–Crippen MR) is 62.6 cm³/mol. The predicted octanol–water partition coefficient (Wildman–Crippen LogP) is 5.55. The summed E-state index contributed by atoms with van der Waals surface area (Å²) in [5.74, 6) is 0. The Balaban J connectivity index is 0.000000252. The van der Waals surface area contributed by atoms with Gasteiger partial charge in [-0.3, -0.25) is 0 Å². The maximum atomic E-state index is 5.58. The Bertz CT molecular complexity index is 226. The van der Waals surface area contributed by atoms with Gasteiger partial charge in [-0.2, -0.15) is 0 Å². The zero-order valence-electron chi connectivity index (χ0n) is 6.08. The Labute approximate surface area is 107 Å². The number of benzene rings is 1. The molecule has 1 rings (SSSR count). The molecule has 13 heavy (non-hydrogen) atoms. The highest BCUT2D eigenvalue weighted by Gasteiger charge is 2.11. The molecule has 1 aromatic rings. The smallest absolute Gasteiger partial charge is 0.0827 e. The second kappa shape index (κ2) is 6.44. The van der Waals surface area contributed by atoms with Crippen LogP contribution in [0.1, 0.15) is 0 Å². The summed E-state index contributed by atoms with van der Waals surface area (Å²) in [7, 11) is 0. The average molecular weight is 301 g/mol. The molecule has 0 aliphatic carbocycles. The van der Waals surface area contributed by atoms with E-state index < -0.39 is 3.25 Å². The van der Waals surface area contributed by atoms with Gasteiger partial charge in [0.2, 0.25) is 0 Å². The van der Waals surface area contributed by atoms with Gasteiger partial charge in [0, 0.05) is 0 Å². The van der Waals surface area contributed by atoms with Gasteiger partial charge in [0.25, 0.3) is 3.25 Å². The molecule has 0 aliphatic rings. The molecule has 0 saturated carbocycles. The van der Waals surface area contributed by atoms with Gasteiger partial charge in [0.05, 0.1) is 10.0 Å². The van der Waals surface area contributed by atoms with Gasteiger partial charge in [-0.1, -0.05) is 81.7 Å². The summed E-state index contributed by atoms with van der Waals surface area (Å²) in [5, 5.41) is 1.21. The van der Waals surface area contributed by atoms with Crippen molar-refractivity contribution in [3.63, 3.8) is 0 Å². The molecule has 0 heterocycles. The summed E-state index contributed by atoms with van der Waals surface area (Å²) in [5.41, 5.74) is 0. The highest BCUT2D eigenvalue weighted by Crippen LogP contribution is 2.29. The summed E-state index contributed by atoms with van der Waals surface area (Å²) >= 11 is 30.5. The monoisotopic (exact) mass is 298 g/mol. The molecule has 1 aromatic carbocycles. The highest BCUT2D eigenvalue weighted by atomic mass is 35.6. The average Bonchev–Trinajstić information content (AvgIpc) is 1.92. The third kappa shape index (κ3) is 10.9. The molecule has 0 unspecified atom stereocenters. The van der Waals surface area contributed by atoms with E-state index >= 15 is 0 Å². The van der Waals surface area contributed by atoms with E-state index in [2.05, 4.69) is 0 Å². The SMILES string of the molecule is ClC(Cl)(Cl)Cl.Clc1ccccc1Cl. The van der Waals surface area contributed by atoms with Crippen LogP contribution in [-0.2, 0) is 0 Å². The summed E-state index contributed by atoms with van der Waals surface area (Å²) in [6.45, 7) is 0. The molecule has 0 bridgehead atoms. The largest absolute Gasteiger partial charge is 0.266 e. The molecule has 0 nitrogen and oxygen atoms in total. The minimum atomic E-state index is -1.61. The Hall–Kier alpha value is 0.960. The van der Waals surface area contributed by atoms with Crippen molar-refractivity contribution in [1.29, 1.82) is 0 Å². The zero-order valence-corrected chi connectivity index (χ0v) is 10.6. The zero-order chi connectivity index (χ0) is 10.5. The molecule has 0 amide bonds. The molecule has 0 aromatic heterocycles. The van der Waals surface area contributed by atoms with E-state index in [1.54, 1.807) is 12.1 Å². The maximum Gasteiger partial charge on any atom is 0.266 e. The van der Waals surface area contributed by atoms with Gasteiger partial charge in [0.15, 0.2) is 0 Å². The van der Waals surface area contributed by atoms with E-state index in [9.17, 15) is 0 Å². The van der Waals surface area contributed by atoms with E-state index in [4.69, 9.17) is 69.6 Å². The summed E-state index contributed by atoms with van der Waals surface area (Å²) < 4.78 is -1.61. The van der Waals surface area contributed by atoms with Crippen LogP contribution in [0.25, 0.3) is 0 Å². The Kier molecular flexibility index (Phi) is 6.92. The van der Waals surface area contributed by atoms with Crippen LogP contribution in [0.3, 0.4) is 0 Å². The van der Waals surface area contributed by atoms with Crippen molar-refractivity contribution in [2.24, 2.45) is 0 Å². The van der Waals surface area contributed by atoms with Crippen molar-refractivity contribution in [3.05, 3.63) is 34.3 Å². The summed E-state index contributed by atoms with van der Waals surface area (Å²) in [4.78, 5) is 0. The van der Waals surface area contributed by atoms with Gasteiger partial charge in [0.1, 0.15) is 0 Å². The third-order valence-corrected chi connectivity index (χ3v) is 1.58. The van der Waals surface area contributed by atoms with Crippen LogP contribution in [-0.4, -0.2) is 3.25 Å². The van der Waals surface area contributed by atoms with Crippen molar-refractivity contribution in [2.75, 3.05) is 0 Å². The van der Waals surface area contributed by atoms with Crippen LogP contribution in [0, 0.1) is 0 Å². The van der Waals surface area contributed by atoms with Gasteiger partial charge in [-0.15, -0.1) is 0 Å². The molecule has 0 radical (unpaired) electrons. The van der Waals surface area contributed by atoms with Crippen LogP contribution in [0.2, 0.25) is 10.0 Å². The van der Waals surface area contributed by atoms with E-state index in [1.165, 1.54) is 0 Å². The first-order chi connectivity index (χ1) is 5.80. The first-order valence-corrected chi connectivity index (χ1v) is 5.23. The lowest BCUT2D eigenvalue weighted by molar-refractivity contribution is 1.71.